The summed E-state index contributed by atoms with van der Waals surface area (Å²) in [5, 5.41) is 0. The first-order chi connectivity index (χ1) is 6.40. The molecule has 2 aliphatic rings. The Labute approximate surface area is 82.5 Å². The molecule has 0 bridgehead atoms. The van der Waals surface area contributed by atoms with Gasteiger partial charge in [-0.05, 0) is 37.6 Å². The number of fused-ring (bicyclic) bond motifs is 1. The minimum absolute atomic E-state index is 1.07. The summed E-state index contributed by atoms with van der Waals surface area (Å²) in [6.07, 6.45) is 8.80. The highest BCUT2D eigenvalue weighted by atomic mass is 15.1. The molecule has 0 spiro atoms. The second-order valence-electron chi connectivity index (χ2n) is 4.92. The van der Waals surface area contributed by atoms with E-state index in [0.29, 0.717) is 0 Å². The van der Waals surface area contributed by atoms with Crippen LogP contribution in [-0.2, 0) is 0 Å². The summed E-state index contributed by atoms with van der Waals surface area (Å²) in [7, 11) is 0. The number of hydrogen-bond acceptors (Lipinski definition) is 1. The smallest absolute Gasteiger partial charge is 0.00129 e. The Hall–Kier alpha value is -0.0400. The van der Waals surface area contributed by atoms with E-state index < -0.39 is 0 Å². The van der Waals surface area contributed by atoms with E-state index in [-0.39, 0.29) is 0 Å². The normalized spacial score (nSPS) is 34.8. The maximum Gasteiger partial charge on any atom is 0.00129 e. The zero-order valence-electron chi connectivity index (χ0n) is 8.97. The molecule has 0 aromatic rings. The molecule has 0 radical (unpaired) electrons. The molecule has 76 valence electrons. The van der Waals surface area contributed by atoms with E-state index >= 15 is 0 Å². The fraction of sp³-hybridized carbons (Fsp3) is 1.00. The Kier molecular flexibility index (Phi) is 3.26. The van der Waals surface area contributed by atoms with Gasteiger partial charge in [0.25, 0.3) is 0 Å². The molecule has 1 aliphatic heterocycles. The van der Waals surface area contributed by atoms with E-state index in [1.807, 2.05) is 0 Å². The number of likely N-dealkylation sites (tertiary alicyclic amines) is 1. The van der Waals surface area contributed by atoms with Crippen molar-refractivity contribution >= 4 is 0 Å². The molecule has 1 saturated carbocycles. The lowest BCUT2D eigenvalue weighted by Crippen LogP contribution is -2.21. The molecular formula is C12H23N. The van der Waals surface area contributed by atoms with Crippen LogP contribution in [0.2, 0.25) is 0 Å². The van der Waals surface area contributed by atoms with Crippen LogP contribution in [0.4, 0.5) is 0 Å². The summed E-state index contributed by atoms with van der Waals surface area (Å²) in [5.41, 5.74) is 0. The third-order valence-electron chi connectivity index (χ3n) is 3.88. The van der Waals surface area contributed by atoms with Crippen molar-refractivity contribution in [3.8, 4) is 0 Å². The maximum absolute atomic E-state index is 2.71. The minimum Gasteiger partial charge on any atom is -0.303 e. The Bertz CT molecular complexity index is 141. The Morgan fingerprint density at radius 1 is 1.08 bits per heavy atom. The van der Waals surface area contributed by atoms with Crippen molar-refractivity contribution in [2.24, 2.45) is 11.8 Å². The third-order valence-corrected chi connectivity index (χ3v) is 3.88. The van der Waals surface area contributed by atoms with Gasteiger partial charge in [-0.15, -0.1) is 0 Å². The highest BCUT2D eigenvalue weighted by molar-refractivity contribution is 4.86. The second kappa shape index (κ2) is 4.45. The maximum atomic E-state index is 2.71. The first-order valence-electron chi connectivity index (χ1n) is 6.12. The molecule has 1 heteroatoms. The zero-order valence-corrected chi connectivity index (χ0v) is 8.97. The highest BCUT2D eigenvalue weighted by Gasteiger charge is 2.33. The van der Waals surface area contributed by atoms with Gasteiger partial charge in [0, 0.05) is 13.1 Å². The number of unbranched alkanes of at least 4 members (excludes halogenated alkanes) is 1. The second-order valence-corrected chi connectivity index (χ2v) is 4.92. The lowest BCUT2D eigenvalue weighted by Gasteiger charge is -2.23. The molecule has 13 heavy (non-hydrogen) atoms. The van der Waals surface area contributed by atoms with E-state index in [0.717, 1.165) is 11.8 Å². The Balaban J connectivity index is 1.77. The lowest BCUT2D eigenvalue weighted by atomic mass is 9.82. The standard InChI is InChI=1S/C12H23N/c1-2-3-8-13-9-11-6-4-5-7-12(11)10-13/h11-12H,2-10H2,1H3/t11-,12-/m0/s1. The van der Waals surface area contributed by atoms with Crippen molar-refractivity contribution in [3.63, 3.8) is 0 Å². The highest BCUT2D eigenvalue weighted by Crippen LogP contribution is 2.35. The summed E-state index contributed by atoms with van der Waals surface area (Å²) in [4.78, 5) is 2.71. The summed E-state index contributed by atoms with van der Waals surface area (Å²) in [6.45, 7) is 6.50. The van der Waals surface area contributed by atoms with E-state index in [1.54, 1.807) is 0 Å². The molecule has 0 unspecified atom stereocenters. The van der Waals surface area contributed by atoms with Gasteiger partial charge in [-0.2, -0.15) is 0 Å². The predicted octanol–water partition coefficient (Wildman–Crippen LogP) is 2.91. The van der Waals surface area contributed by atoms with Crippen LogP contribution in [0.25, 0.3) is 0 Å². The summed E-state index contributed by atoms with van der Waals surface area (Å²) >= 11 is 0. The van der Waals surface area contributed by atoms with Crippen LogP contribution in [0.5, 0.6) is 0 Å². The van der Waals surface area contributed by atoms with Crippen molar-refractivity contribution in [2.75, 3.05) is 19.6 Å². The predicted molar refractivity (Wildman–Crippen MR) is 56.8 cm³/mol. The van der Waals surface area contributed by atoms with Gasteiger partial charge in [0.2, 0.25) is 0 Å². The van der Waals surface area contributed by atoms with Crippen LogP contribution in [0.15, 0.2) is 0 Å². The average molecular weight is 181 g/mol. The molecule has 0 aromatic carbocycles. The SMILES string of the molecule is CCCCN1C[C@@H]2CCCC[C@H]2C1. The van der Waals surface area contributed by atoms with Crippen molar-refractivity contribution in [1.82, 2.24) is 4.90 Å². The fourth-order valence-corrected chi connectivity index (χ4v) is 3.07. The summed E-state index contributed by atoms with van der Waals surface area (Å²) in [5.74, 6) is 2.15. The van der Waals surface area contributed by atoms with Crippen LogP contribution in [0, 0.1) is 11.8 Å². The molecule has 1 nitrogen and oxygen atoms in total. The molecule has 1 aliphatic carbocycles. The van der Waals surface area contributed by atoms with E-state index in [9.17, 15) is 0 Å². The van der Waals surface area contributed by atoms with Gasteiger partial charge < -0.3 is 4.90 Å². The first-order valence-corrected chi connectivity index (χ1v) is 6.12. The quantitative estimate of drug-likeness (QED) is 0.647. The molecule has 2 fully saturated rings. The largest absolute Gasteiger partial charge is 0.303 e. The number of hydrogen-bond donors (Lipinski definition) is 0. The Morgan fingerprint density at radius 3 is 2.23 bits per heavy atom. The first kappa shape index (κ1) is 9.51. The molecule has 0 N–H and O–H groups in total. The van der Waals surface area contributed by atoms with Gasteiger partial charge in [0.15, 0.2) is 0 Å². The molecule has 1 saturated heterocycles. The minimum atomic E-state index is 1.07. The van der Waals surface area contributed by atoms with Crippen LogP contribution < -0.4 is 0 Å². The van der Waals surface area contributed by atoms with Crippen molar-refractivity contribution in [2.45, 2.75) is 45.4 Å². The molecule has 0 aromatic heterocycles. The zero-order chi connectivity index (χ0) is 9.10. The van der Waals surface area contributed by atoms with E-state index in [4.69, 9.17) is 0 Å². The van der Waals surface area contributed by atoms with Crippen LogP contribution >= 0.6 is 0 Å². The summed E-state index contributed by atoms with van der Waals surface area (Å²) < 4.78 is 0. The van der Waals surface area contributed by atoms with Gasteiger partial charge in [-0.3, -0.25) is 0 Å². The molecule has 2 atom stereocenters. The molecule has 2 rings (SSSR count). The van der Waals surface area contributed by atoms with Gasteiger partial charge >= 0.3 is 0 Å². The number of nitrogens with zero attached hydrogens (tertiary/aromatic N) is 1. The van der Waals surface area contributed by atoms with Gasteiger partial charge in [0.1, 0.15) is 0 Å². The van der Waals surface area contributed by atoms with Crippen LogP contribution in [-0.4, -0.2) is 24.5 Å². The van der Waals surface area contributed by atoms with Crippen molar-refractivity contribution in [1.29, 1.82) is 0 Å². The molecule has 1 heterocycles. The van der Waals surface area contributed by atoms with E-state index in [2.05, 4.69) is 11.8 Å². The average Bonchev–Trinajstić information content (AvgIpc) is 2.57. The van der Waals surface area contributed by atoms with Gasteiger partial charge in [-0.1, -0.05) is 26.2 Å². The topological polar surface area (TPSA) is 3.24 Å². The van der Waals surface area contributed by atoms with E-state index in [1.165, 1.54) is 58.2 Å². The van der Waals surface area contributed by atoms with Crippen molar-refractivity contribution in [3.05, 3.63) is 0 Å². The van der Waals surface area contributed by atoms with Crippen LogP contribution in [0.3, 0.4) is 0 Å². The van der Waals surface area contributed by atoms with Crippen LogP contribution in [0.1, 0.15) is 45.4 Å². The third kappa shape index (κ3) is 2.25. The van der Waals surface area contributed by atoms with Crippen molar-refractivity contribution < 1.29 is 0 Å². The van der Waals surface area contributed by atoms with Gasteiger partial charge in [0.05, 0.1) is 0 Å². The summed E-state index contributed by atoms with van der Waals surface area (Å²) in [6, 6.07) is 0. The molecular weight excluding hydrogens is 158 g/mol. The fourth-order valence-electron chi connectivity index (χ4n) is 3.07. The Morgan fingerprint density at radius 2 is 1.69 bits per heavy atom. The van der Waals surface area contributed by atoms with Gasteiger partial charge in [-0.25, -0.2) is 0 Å². The number of rotatable bonds is 3. The lowest BCUT2D eigenvalue weighted by molar-refractivity contribution is 0.299. The molecule has 0 amide bonds. The monoisotopic (exact) mass is 181 g/mol.